The topological polar surface area (TPSA) is 58.2 Å². The molecular weight excluding hydrogens is 377 g/mol. The molecule has 2 rings (SSSR count). The number of anilines is 2. The van der Waals surface area contributed by atoms with Gasteiger partial charge in [-0.15, -0.1) is 0 Å². The van der Waals surface area contributed by atoms with Gasteiger partial charge in [-0.25, -0.2) is 0 Å². The van der Waals surface area contributed by atoms with Crippen molar-refractivity contribution in [3.8, 4) is 0 Å². The van der Waals surface area contributed by atoms with Crippen LogP contribution in [0.15, 0.2) is 53.0 Å². The lowest BCUT2D eigenvalue weighted by molar-refractivity contribution is -0.167. The third kappa shape index (κ3) is 4.82. The van der Waals surface area contributed by atoms with Gasteiger partial charge in [-0.2, -0.15) is 13.2 Å². The molecule has 0 bridgehead atoms. The molecule has 4 nitrogen and oxygen atoms in total. The molecule has 2 aromatic carbocycles. The van der Waals surface area contributed by atoms with Gasteiger partial charge in [0.15, 0.2) is 0 Å². The van der Waals surface area contributed by atoms with Gasteiger partial charge in [0.1, 0.15) is 0 Å². The number of halogens is 4. The van der Waals surface area contributed by atoms with Gasteiger partial charge in [-0.05, 0) is 42.5 Å². The fourth-order valence-electron chi connectivity index (χ4n) is 1.68. The van der Waals surface area contributed by atoms with Crippen LogP contribution in [0.3, 0.4) is 0 Å². The fourth-order valence-corrected chi connectivity index (χ4v) is 1.95. The second kappa shape index (κ2) is 6.82. The van der Waals surface area contributed by atoms with E-state index < -0.39 is 18.0 Å². The molecule has 0 aromatic heterocycles. The Balaban J connectivity index is 2.09. The van der Waals surface area contributed by atoms with Crippen molar-refractivity contribution in [1.82, 2.24) is 0 Å². The average Bonchev–Trinajstić information content (AvgIpc) is 2.47. The number of hydrogen-bond donors (Lipinski definition) is 2. The summed E-state index contributed by atoms with van der Waals surface area (Å²) in [6.07, 6.45) is -4.98. The second-order valence-electron chi connectivity index (χ2n) is 4.49. The normalized spacial score (nSPS) is 11.0. The summed E-state index contributed by atoms with van der Waals surface area (Å²) in [5.41, 5.74) is 0.580. The van der Waals surface area contributed by atoms with Crippen LogP contribution in [0.25, 0.3) is 0 Å². The Morgan fingerprint density at radius 3 is 2.04 bits per heavy atom. The SMILES string of the molecule is O=C(Nc1cccc(NC(=O)C(F)(F)F)c1)c1ccc(Br)cc1. The summed E-state index contributed by atoms with van der Waals surface area (Å²) in [7, 11) is 0. The molecule has 120 valence electrons. The van der Waals surface area contributed by atoms with E-state index in [4.69, 9.17) is 0 Å². The molecule has 0 saturated carbocycles. The lowest BCUT2D eigenvalue weighted by atomic mass is 10.2. The van der Waals surface area contributed by atoms with E-state index in [9.17, 15) is 22.8 Å². The third-order valence-electron chi connectivity index (χ3n) is 2.74. The molecule has 23 heavy (non-hydrogen) atoms. The molecular formula is C15H10BrF3N2O2. The maximum atomic E-state index is 12.2. The Hall–Kier alpha value is -2.35. The number of benzene rings is 2. The highest BCUT2D eigenvalue weighted by atomic mass is 79.9. The summed E-state index contributed by atoms with van der Waals surface area (Å²) in [6, 6.07) is 12.0. The summed E-state index contributed by atoms with van der Waals surface area (Å²) in [5.74, 6) is -2.49. The Labute approximate surface area is 137 Å². The maximum Gasteiger partial charge on any atom is 0.471 e. The van der Waals surface area contributed by atoms with Gasteiger partial charge in [0.25, 0.3) is 5.91 Å². The van der Waals surface area contributed by atoms with E-state index in [-0.39, 0.29) is 11.4 Å². The zero-order valence-corrected chi connectivity index (χ0v) is 13.0. The van der Waals surface area contributed by atoms with Gasteiger partial charge in [0.2, 0.25) is 0 Å². The van der Waals surface area contributed by atoms with Crippen LogP contribution in [-0.2, 0) is 4.79 Å². The highest BCUT2D eigenvalue weighted by molar-refractivity contribution is 9.10. The minimum atomic E-state index is -4.98. The van der Waals surface area contributed by atoms with Crippen molar-refractivity contribution in [2.75, 3.05) is 10.6 Å². The summed E-state index contributed by atoms with van der Waals surface area (Å²) < 4.78 is 37.5. The van der Waals surface area contributed by atoms with E-state index in [0.29, 0.717) is 5.56 Å². The van der Waals surface area contributed by atoms with Gasteiger partial charge in [0, 0.05) is 21.4 Å². The number of nitrogens with one attached hydrogen (secondary N) is 2. The number of carbonyl (C=O) groups is 2. The molecule has 2 amide bonds. The van der Waals surface area contributed by atoms with E-state index in [1.165, 1.54) is 24.3 Å². The van der Waals surface area contributed by atoms with Gasteiger partial charge in [-0.1, -0.05) is 22.0 Å². The van der Waals surface area contributed by atoms with Crippen molar-refractivity contribution in [1.29, 1.82) is 0 Å². The molecule has 0 aliphatic rings. The summed E-state index contributed by atoms with van der Waals surface area (Å²) in [4.78, 5) is 22.9. The Bertz CT molecular complexity index is 730. The first-order chi connectivity index (χ1) is 10.8. The van der Waals surface area contributed by atoms with Crippen LogP contribution in [0.2, 0.25) is 0 Å². The first-order valence-corrected chi connectivity index (χ1v) is 7.10. The van der Waals surface area contributed by atoms with Crippen LogP contribution in [0.1, 0.15) is 10.4 Å². The first kappa shape index (κ1) is 17.0. The average molecular weight is 387 g/mol. The highest BCUT2D eigenvalue weighted by Crippen LogP contribution is 2.21. The first-order valence-electron chi connectivity index (χ1n) is 6.31. The zero-order valence-electron chi connectivity index (χ0n) is 11.4. The van der Waals surface area contributed by atoms with Crippen molar-refractivity contribution >= 4 is 39.1 Å². The lowest BCUT2D eigenvalue weighted by Gasteiger charge is -2.10. The van der Waals surface area contributed by atoms with Gasteiger partial charge < -0.3 is 10.6 Å². The number of hydrogen-bond acceptors (Lipinski definition) is 2. The molecule has 0 aliphatic heterocycles. The third-order valence-corrected chi connectivity index (χ3v) is 3.27. The van der Waals surface area contributed by atoms with Crippen LogP contribution in [0, 0.1) is 0 Å². The van der Waals surface area contributed by atoms with Crippen LogP contribution >= 0.6 is 15.9 Å². The van der Waals surface area contributed by atoms with Crippen molar-refractivity contribution < 1.29 is 22.8 Å². The van der Waals surface area contributed by atoms with Crippen molar-refractivity contribution in [3.05, 3.63) is 58.6 Å². The largest absolute Gasteiger partial charge is 0.471 e. The minimum Gasteiger partial charge on any atom is -0.322 e. The van der Waals surface area contributed by atoms with Gasteiger partial charge in [0.05, 0.1) is 0 Å². The molecule has 0 spiro atoms. The van der Waals surface area contributed by atoms with Crippen molar-refractivity contribution in [2.24, 2.45) is 0 Å². The molecule has 0 atom stereocenters. The van der Waals surface area contributed by atoms with E-state index in [1.807, 2.05) is 0 Å². The highest BCUT2D eigenvalue weighted by Gasteiger charge is 2.38. The van der Waals surface area contributed by atoms with Gasteiger partial charge >= 0.3 is 12.1 Å². The monoisotopic (exact) mass is 386 g/mol. The number of carbonyl (C=O) groups excluding carboxylic acids is 2. The predicted octanol–water partition coefficient (Wildman–Crippen LogP) is 4.20. The van der Waals surface area contributed by atoms with Crippen LogP contribution in [0.5, 0.6) is 0 Å². The van der Waals surface area contributed by atoms with Gasteiger partial charge in [-0.3, -0.25) is 9.59 Å². The second-order valence-corrected chi connectivity index (χ2v) is 5.41. The molecule has 0 saturated heterocycles. The molecule has 0 radical (unpaired) electrons. The Morgan fingerprint density at radius 1 is 0.913 bits per heavy atom. The zero-order chi connectivity index (χ0) is 17.0. The Morgan fingerprint density at radius 2 is 1.48 bits per heavy atom. The fraction of sp³-hybridized carbons (Fsp3) is 0.0667. The summed E-state index contributed by atoms with van der Waals surface area (Å²) in [6.45, 7) is 0. The summed E-state index contributed by atoms with van der Waals surface area (Å²) in [5, 5.41) is 4.26. The lowest BCUT2D eigenvalue weighted by Crippen LogP contribution is -2.29. The molecule has 0 unspecified atom stereocenters. The van der Waals surface area contributed by atoms with Crippen LogP contribution in [-0.4, -0.2) is 18.0 Å². The molecule has 0 aliphatic carbocycles. The minimum absolute atomic E-state index is 0.0686. The van der Waals surface area contributed by atoms with Crippen LogP contribution < -0.4 is 10.6 Å². The smallest absolute Gasteiger partial charge is 0.322 e. The standard InChI is InChI=1S/C15H10BrF3N2O2/c16-10-6-4-9(5-7-10)13(22)20-11-2-1-3-12(8-11)21-14(23)15(17,18)19/h1-8H,(H,20,22)(H,21,23). The van der Waals surface area contributed by atoms with E-state index in [1.54, 1.807) is 29.6 Å². The maximum absolute atomic E-state index is 12.2. The van der Waals surface area contributed by atoms with Crippen LogP contribution in [0.4, 0.5) is 24.5 Å². The number of rotatable bonds is 3. The molecule has 2 N–H and O–H groups in total. The predicted molar refractivity (Wildman–Crippen MR) is 83.2 cm³/mol. The van der Waals surface area contributed by atoms with E-state index >= 15 is 0 Å². The molecule has 0 heterocycles. The Kier molecular flexibility index (Phi) is 5.05. The summed E-state index contributed by atoms with van der Waals surface area (Å²) >= 11 is 3.25. The van der Waals surface area contributed by atoms with E-state index in [0.717, 1.165) is 4.47 Å². The number of alkyl halides is 3. The molecule has 0 fully saturated rings. The quantitative estimate of drug-likeness (QED) is 0.830. The van der Waals surface area contributed by atoms with E-state index in [2.05, 4.69) is 21.2 Å². The van der Waals surface area contributed by atoms with Crippen molar-refractivity contribution in [2.45, 2.75) is 6.18 Å². The molecule has 8 heteroatoms. The van der Waals surface area contributed by atoms with Crippen molar-refractivity contribution in [3.63, 3.8) is 0 Å². The molecule has 2 aromatic rings. The number of amides is 2.